The number of nitrogens with one attached hydrogen (secondary N) is 2. The number of aryl methyl sites for hydroxylation is 1. The summed E-state index contributed by atoms with van der Waals surface area (Å²) < 4.78 is 14.3. The number of carbonyl (C=O) groups is 4. The second kappa shape index (κ2) is 17.5. The summed E-state index contributed by atoms with van der Waals surface area (Å²) in [5.74, 6) is -1.21. The minimum absolute atomic E-state index is 0.0987. The number of likely N-dealkylation sites (N-methyl/N-ethyl adjacent to an activating group) is 1. The van der Waals surface area contributed by atoms with Gasteiger partial charge in [0.05, 0.1) is 40.3 Å². The first-order chi connectivity index (χ1) is 29.6. The van der Waals surface area contributed by atoms with Crippen molar-refractivity contribution in [3.05, 3.63) is 58.2 Å². The van der Waals surface area contributed by atoms with Gasteiger partial charge >= 0.3 is 12.0 Å². The summed E-state index contributed by atoms with van der Waals surface area (Å²) in [4.78, 5) is 69.6. The summed E-state index contributed by atoms with van der Waals surface area (Å²) >= 11 is 1.45. The SMILES string of the molecule is CCn1c(-c2cccnc2[C@H](C)OC)c2c3cc(ccc31)-c1csc(n1)C[C@H](NC(=O)[C@H](C(C)C)N(C)C(=O)N1CC3(CC3)C1)C(=O)N1CCC[C@H]([Si]N1)C(=O)OCC(C)(C)C2. The molecule has 6 bridgehead atoms. The zero-order valence-corrected chi connectivity index (χ0v) is 39.1. The Balaban J connectivity index is 1.18. The van der Waals surface area contributed by atoms with Crippen LogP contribution < -0.4 is 10.4 Å². The molecule has 3 fully saturated rings. The molecule has 3 aliphatic heterocycles. The monoisotopic (exact) mass is 880 g/mol. The van der Waals surface area contributed by atoms with Gasteiger partial charge in [-0.3, -0.25) is 29.5 Å². The van der Waals surface area contributed by atoms with Crippen LogP contribution in [-0.4, -0.2) is 115 Å². The maximum Gasteiger partial charge on any atom is 0.320 e. The fourth-order valence-electron chi connectivity index (χ4n) is 9.44. The molecule has 4 amide bonds. The fourth-order valence-corrected chi connectivity index (χ4v) is 11.4. The number of benzene rings is 1. The molecule has 1 aliphatic carbocycles. The van der Waals surface area contributed by atoms with Crippen LogP contribution in [0.3, 0.4) is 0 Å². The second-order valence-electron chi connectivity index (χ2n) is 18.8. The number of hydrogen-bond donors (Lipinski definition) is 2. The molecule has 4 atom stereocenters. The summed E-state index contributed by atoms with van der Waals surface area (Å²) in [6, 6.07) is 8.56. The Morgan fingerprint density at radius 3 is 2.65 bits per heavy atom. The Hall–Kier alpha value is -4.64. The lowest BCUT2D eigenvalue weighted by molar-refractivity contribution is -0.146. The number of esters is 1. The summed E-state index contributed by atoms with van der Waals surface area (Å²) in [5, 5.41) is 11.7. The molecule has 2 saturated heterocycles. The minimum Gasteiger partial charge on any atom is -0.465 e. The van der Waals surface area contributed by atoms with E-state index in [0.29, 0.717) is 37.4 Å². The molecule has 4 aliphatic rings. The topological polar surface area (TPSA) is 151 Å². The second-order valence-corrected chi connectivity index (χ2v) is 21.0. The van der Waals surface area contributed by atoms with Crippen molar-refractivity contribution in [3.8, 4) is 22.5 Å². The van der Waals surface area contributed by atoms with E-state index >= 15 is 0 Å². The molecule has 0 unspecified atom stereocenters. The van der Waals surface area contributed by atoms with Crippen molar-refractivity contribution >= 4 is 55.7 Å². The maximum absolute atomic E-state index is 14.6. The van der Waals surface area contributed by atoms with Crippen LogP contribution in [0.15, 0.2) is 41.9 Å². The molecule has 1 spiro atoms. The highest BCUT2D eigenvalue weighted by Crippen LogP contribution is 2.53. The molecule has 1 aromatic carbocycles. The maximum atomic E-state index is 14.6. The van der Waals surface area contributed by atoms with Crippen molar-refractivity contribution in [3.63, 3.8) is 0 Å². The molecule has 2 radical (unpaired) electrons. The van der Waals surface area contributed by atoms with Crippen LogP contribution in [-0.2, 0) is 43.2 Å². The van der Waals surface area contributed by atoms with E-state index in [1.165, 1.54) is 16.2 Å². The van der Waals surface area contributed by atoms with Gasteiger partial charge in [-0.05, 0) is 81.7 Å². The lowest BCUT2D eigenvalue weighted by Crippen LogP contribution is -2.62. The zero-order valence-electron chi connectivity index (χ0n) is 37.2. The number of nitrogens with zero attached hydrogens (tertiary/aromatic N) is 6. The number of thiazole rings is 1. The van der Waals surface area contributed by atoms with Crippen molar-refractivity contribution in [2.24, 2.45) is 16.7 Å². The van der Waals surface area contributed by atoms with Crippen LogP contribution in [0.4, 0.5) is 4.79 Å². The van der Waals surface area contributed by atoms with Gasteiger partial charge in [-0.1, -0.05) is 33.8 Å². The Morgan fingerprint density at radius 2 is 1.94 bits per heavy atom. The van der Waals surface area contributed by atoms with Gasteiger partial charge in [-0.2, -0.15) is 0 Å². The van der Waals surface area contributed by atoms with Crippen molar-refractivity contribution in [2.45, 2.75) is 110 Å². The average Bonchev–Trinajstić information content (AvgIpc) is 3.91. The number of ether oxygens (including phenoxy) is 2. The van der Waals surface area contributed by atoms with Gasteiger partial charge < -0.3 is 29.2 Å². The van der Waals surface area contributed by atoms with E-state index in [2.05, 4.69) is 60.0 Å². The molecule has 2 N–H and O–H groups in total. The van der Waals surface area contributed by atoms with Crippen molar-refractivity contribution in [1.82, 2.24) is 39.8 Å². The van der Waals surface area contributed by atoms with Crippen molar-refractivity contribution < 1.29 is 28.7 Å². The van der Waals surface area contributed by atoms with E-state index in [4.69, 9.17) is 19.4 Å². The normalized spacial score (nSPS) is 22.1. The van der Waals surface area contributed by atoms with Crippen LogP contribution >= 0.6 is 11.3 Å². The molecular weight excluding hydrogens is 821 g/mol. The Kier molecular flexibility index (Phi) is 12.4. The van der Waals surface area contributed by atoms with Gasteiger partial charge in [0, 0.05) is 91.2 Å². The number of cyclic esters (lactones) is 1. The predicted octanol–water partition coefficient (Wildman–Crippen LogP) is 6.41. The van der Waals surface area contributed by atoms with Gasteiger partial charge in [0.25, 0.3) is 5.91 Å². The third kappa shape index (κ3) is 8.67. The summed E-state index contributed by atoms with van der Waals surface area (Å²) in [5.41, 5.74) is 6.19. The van der Waals surface area contributed by atoms with E-state index in [9.17, 15) is 19.2 Å². The first kappa shape index (κ1) is 44.0. The van der Waals surface area contributed by atoms with Crippen LogP contribution in [0.2, 0.25) is 5.54 Å². The molecule has 6 heterocycles. The Morgan fingerprint density at radius 1 is 1.16 bits per heavy atom. The van der Waals surface area contributed by atoms with Gasteiger partial charge in [0.1, 0.15) is 12.1 Å². The first-order valence-electron chi connectivity index (χ1n) is 22.0. The van der Waals surface area contributed by atoms with E-state index < -0.39 is 28.9 Å². The molecule has 8 rings (SSSR count). The smallest absolute Gasteiger partial charge is 0.320 e. The average molecular weight is 881 g/mol. The lowest BCUT2D eigenvalue weighted by atomic mass is 9.84. The minimum atomic E-state index is -0.980. The highest BCUT2D eigenvalue weighted by molar-refractivity contribution is 7.10. The van der Waals surface area contributed by atoms with Crippen LogP contribution in [0.1, 0.15) is 89.6 Å². The summed E-state index contributed by atoms with van der Waals surface area (Å²) in [7, 11) is 3.28. The number of aromatic nitrogens is 3. The Bertz CT molecular complexity index is 2350. The van der Waals surface area contributed by atoms with Gasteiger partial charge in [0.2, 0.25) is 5.91 Å². The van der Waals surface area contributed by atoms with E-state index in [0.717, 1.165) is 70.6 Å². The first-order valence-corrected chi connectivity index (χ1v) is 24.0. The number of amides is 4. The third-order valence-electron chi connectivity index (χ3n) is 13.1. The number of rotatable bonds is 8. The summed E-state index contributed by atoms with van der Waals surface area (Å²) in [6.07, 6.45) is 5.75. The van der Waals surface area contributed by atoms with Crippen LogP contribution in [0, 0.1) is 16.7 Å². The Labute approximate surface area is 371 Å². The van der Waals surface area contributed by atoms with Crippen LogP contribution in [0.25, 0.3) is 33.4 Å². The van der Waals surface area contributed by atoms with Crippen LogP contribution in [0.5, 0.6) is 0 Å². The van der Waals surface area contributed by atoms with Gasteiger partial charge in [0.15, 0.2) is 9.68 Å². The summed E-state index contributed by atoms with van der Waals surface area (Å²) in [6.45, 7) is 15.0. The number of carbonyl (C=O) groups excluding carboxylic acids is 4. The molecule has 3 aromatic heterocycles. The molecule has 16 heteroatoms. The van der Waals surface area contributed by atoms with Gasteiger partial charge in [-0.15, -0.1) is 11.3 Å². The zero-order chi connectivity index (χ0) is 44.1. The van der Waals surface area contributed by atoms with Crippen molar-refractivity contribution in [2.75, 3.05) is 40.4 Å². The third-order valence-corrected chi connectivity index (χ3v) is 15.3. The predicted molar refractivity (Wildman–Crippen MR) is 240 cm³/mol. The number of likely N-dealkylation sites (tertiary alicyclic amines) is 1. The van der Waals surface area contributed by atoms with Crippen molar-refractivity contribution in [1.29, 1.82) is 0 Å². The number of pyridine rings is 1. The highest BCUT2D eigenvalue weighted by Gasteiger charge is 2.55. The van der Waals surface area contributed by atoms with E-state index in [-0.39, 0.29) is 58.1 Å². The number of urea groups is 1. The molecule has 62 heavy (non-hydrogen) atoms. The lowest BCUT2D eigenvalue weighted by Gasteiger charge is -2.44. The number of fused-ring (bicyclic) bond motifs is 7. The quantitative estimate of drug-likeness (QED) is 0.151. The molecule has 1 saturated carbocycles. The highest BCUT2D eigenvalue weighted by atomic mass is 32.1. The molecule has 4 aromatic rings. The fraction of sp³-hybridized carbons (Fsp3) is 0.565. The number of hydrazine groups is 1. The molecule has 14 nitrogen and oxygen atoms in total. The van der Waals surface area contributed by atoms with E-state index in [1.54, 1.807) is 25.4 Å². The molecule has 330 valence electrons. The number of methoxy groups -OCH3 is 1. The van der Waals surface area contributed by atoms with E-state index in [1.807, 2.05) is 37.1 Å². The molecular formula is C46H60N8O6SSi. The number of hydrogen-bond acceptors (Lipinski definition) is 10. The van der Waals surface area contributed by atoms with Gasteiger partial charge in [-0.25, -0.2) is 9.78 Å². The standard InChI is InChI=1S/C46H60N8O6SSi/c1-9-53-35-15-14-29-20-31(35)32(40(53)30-12-10-18-47-38(30)28(4)59-8)22-45(5,6)26-60-43(57)36-13-11-19-54(50-62-36)42(56)33(21-37-48-34(29)23-61-37)49-41(55)39(27(2)3)51(7)44(58)52-24-46(25-52)16-17-46/h10,12,14-15,18,20,23,27-28,33,36,39,50H,9,11,13,16-17,19,21-22,24-26H2,1-8H3,(H,49,55)/t28-,33-,36-,39-/m0/s1. The largest absolute Gasteiger partial charge is 0.465 e.